The zero-order valence-electron chi connectivity index (χ0n) is 11.2. The first kappa shape index (κ1) is 12.9. The molecule has 0 saturated carbocycles. The number of nitrogens with one attached hydrogen (secondary N) is 1. The Morgan fingerprint density at radius 2 is 1.95 bits per heavy atom. The van der Waals surface area contributed by atoms with Gasteiger partial charge < -0.3 is 10.5 Å². The van der Waals surface area contributed by atoms with Gasteiger partial charge in [0.25, 0.3) is 0 Å². The third-order valence-electron chi connectivity index (χ3n) is 3.58. The smallest absolute Gasteiger partial charge is 0.354 e. The van der Waals surface area contributed by atoms with E-state index >= 15 is 0 Å². The van der Waals surface area contributed by atoms with Crippen LogP contribution in [0.5, 0.6) is 0 Å². The van der Waals surface area contributed by atoms with Gasteiger partial charge in [-0.05, 0) is 24.3 Å². The summed E-state index contributed by atoms with van der Waals surface area (Å²) in [4.78, 5) is 15.4. The first-order chi connectivity index (χ1) is 9.74. The molecule has 3 rings (SSSR count). The number of aromatic nitrogens is 1. The molecule has 0 bridgehead atoms. The molecule has 0 atom stereocenters. The summed E-state index contributed by atoms with van der Waals surface area (Å²) in [6.45, 7) is 1.93. The van der Waals surface area contributed by atoms with Crippen molar-refractivity contribution in [2.24, 2.45) is 0 Å². The Kier molecular flexibility index (Phi) is 3.52. The van der Waals surface area contributed by atoms with Gasteiger partial charge >= 0.3 is 5.97 Å². The highest BCUT2D eigenvalue weighted by Gasteiger charge is 2.14. The number of nitrogens with zero attached hydrogens (tertiary/aromatic N) is 2. The van der Waals surface area contributed by atoms with Crippen molar-refractivity contribution < 1.29 is 9.90 Å². The second kappa shape index (κ2) is 5.46. The van der Waals surface area contributed by atoms with Crippen LogP contribution in [0.1, 0.15) is 29.8 Å². The van der Waals surface area contributed by atoms with E-state index in [-0.39, 0.29) is 5.69 Å². The second-order valence-electron chi connectivity index (χ2n) is 5.04. The third-order valence-corrected chi connectivity index (χ3v) is 3.58. The highest BCUT2D eigenvalue weighted by Crippen LogP contribution is 2.23. The van der Waals surface area contributed by atoms with Crippen LogP contribution in [0.25, 0.3) is 10.8 Å². The highest BCUT2D eigenvalue weighted by molar-refractivity contribution is 5.97. The highest BCUT2D eigenvalue weighted by atomic mass is 16.4. The minimum Gasteiger partial charge on any atom is -0.477 e. The van der Waals surface area contributed by atoms with Crippen molar-refractivity contribution in [3.05, 3.63) is 36.0 Å². The molecule has 1 fully saturated rings. The van der Waals surface area contributed by atoms with Crippen LogP contribution in [0.15, 0.2) is 30.3 Å². The molecule has 5 heteroatoms. The maximum atomic E-state index is 11.2. The zero-order chi connectivity index (χ0) is 13.9. The van der Waals surface area contributed by atoms with E-state index in [2.05, 4.69) is 15.4 Å². The molecule has 1 aromatic heterocycles. The van der Waals surface area contributed by atoms with E-state index in [1.807, 2.05) is 24.3 Å². The molecule has 5 nitrogen and oxygen atoms in total. The molecule has 1 saturated heterocycles. The average molecular weight is 271 g/mol. The van der Waals surface area contributed by atoms with Crippen LogP contribution >= 0.6 is 0 Å². The molecule has 0 spiro atoms. The minimum atomic E-state index is -1.00. The fraction of sp³-hybridized carbons (Fsp3) is 0.333. The predicted molar refractivity (Wildman–Crippen MR) is 77.7 cm³/mol. The lowest BCUT2D eigenvalue weighted by Gasteiger charge is -2.27. The molecule has 1 aromatic carbocycles. The number of hydrogen-bond acceptors (Lipinski definition) is 4. The Balaban J connectivity index is 2.00. The fourth-order valence-corrected chi connectivity index (χ4v) is 2.55. The standard InChI is InChI=1S/C15H17N3O2/c19-15(20)13-10-11-6-2-3-7-12(11)14(16-13)17-18-8-4-1-5-9-18/h2-3,6-7,10H,1,4-5,8-9H2,(H,16,17)(H,19,20). The van der Waals surface area contributed by atoms with E-state index in [9.17, 15) is 9.90 Å². The fourth-order valence-electron chi connectivity index (χ4n) is 2.55. The minimum absolute atomic E-state index is 0.0724. The third kappa shape index (κ3) is 2.58. The van der Waals surface area contributed by atoms with Crippen molar-refractivity contribution in [1.29, 1.82) is 0 Å². The number of carboxylic acid groups (broad SMARTS) is 1. The summed E-state index contributed by atoms with van der Waals surface area (Å²) in [6.07, 6.45) is 3.56. The lowest BCUT2D eigenvalue weighted by molar-refractivity contribution is 0.0691. The van der Waals surface area contributed by atoms with E-state index in [1.54, 1.807) is 6.07 Å². The molecule has 2 heterocycles. The van der Waals surface area contributed by atoms with E-state index in [0.717, 1.165) is 36.7 Å². The van der Waals surface area contributed by atoms with Gasteiger partial charge in [0, 0.05) is 18.5 Å². The van der Waals surface area contributed by atoms with E-state index in [4.69, 9.17) is 0 Å². The van der Waals surface area contributed by atoms with Gasteiger partial charge in [-0.1, -0.05) is 30.7 Å². The number of piperidine rings is 1. The molecule has 0 radical (unpaired) electrons. The first-order valence-corrected chi connectivity index (χ1v) is 6.89. The van der Waals surface area contributed by atoms with Crippen molar-refractivity contribution in [1.82, 2.24) is 9.99 Å². The summed E-state index contributed by atoms with van der Waals surface area (Å²) >= 11 is 0. The van der Waals surface area contributed by atoms with Gasteiger partial charge in [-0.25, -0.2) is 14.8 Å². The summed E-state index contributed by atoms with van der Waals surface area (Å²) in [6, 6.07) is 9.31. The maximum absolute atomic E-state index is 11.2. The number of hydrogen-bond donors (Lipinski definition) is 2. The molecule has 1 aliphatic heterocycles. The SMILES string of the molecule is O=C(O)c1cc2ccccc2c(NN2CCCCC2)n1. The molecule has 0 aliphatic carbocycles. The summed E-state index contributed by atoms with van der Waals surface area (Å²) in [5.74, 6) is -0.375. The number of pyridine rings is 1. The number of anilines is 1. The van der Waals surface area contributed by atoms with Crippen molar-refractivity contribution in [2.75, 3.05) is 18.5 Å². The molecule has 104 valence electrons. The van der Waals surface area contributed by atoms with E-state index < -0.39 is 5.97 Å². The largest absolute Gasteiger partial charge is 0.477 e. The lowest BCUT2D eigenvalue weighted by atomic mass is 10.1. The van der Waals surface area contributed by atoms with Crippen LogP contribution in [0, 0.1) is 0 Å². The topological polar surface area (TPSA) is 65.5 Å². The van der Waals surface area contributed by atoms with Gasteiger partial charge in [-0.2, -0.15) is 0 Å². The molecule has 2 N–H and O–H groups in total. The van der Waals surface area contributed by atoms with Gasteiger partial charge in [0.05, 0.1) is 0 Å². The molecule has 20 heavy (non-hydrogen) atoms. The summed E-state index contributed by atoms with van der Waals surface area (Å²) in [5.41, 5.74) is 3.35. The van der Waals surface area contributed by atoms with Crippen LogP contribution in [0.4, 0.5) is 5.82 Å². The lowest BCUT2D eigenvalue weighted by Crippen LogP contribution is -2.35. The average Bonchev–Trinajstić information content (AvgIpc) is 2.48. The van der Waals surface area contributed by atoms with Crippen molar-refractivity contribution >= 4 is 22.6 Å². The Morgan fingerprint density at radius 1 is 1.20 bits per heavy atom. The molecular formula is C15H17N3O2. The molecule has 0 amide bonds. The Labute approximate surface area is 117 Å². The second-order valence-corrected chi connectivity index (χ2v) is 5.04. The van der Waals surface area contributed by atoms with Gasteiger partial charge in [0.15, 0.2) is 5.69 Å². The molecule has 1 aliphatic rings. The van der Waals surface area contributed by atoms with Gasteiger partial charge in [-0.15, -0.1) is 0 Å². The number of aromatic carboxylic acids is 1. The van der Waals surface area contributed by atoms with Crippen LogP contribution < -0.4 is 5.43 Å². The summed E-state index contributed by atoms with van der Waals surface area (Å²) in [7, 11) is 0. The van der Waals surface area contributed by atoms with Gasteiger partial charge in [0.1, 0.15) is 5.82 Å². The summed E-state index contributed by atoms with van der Waals surface area (Å²) < 4.78 is 0. The van der Waals surface area contributed by atoms with Gasteiger partial charge in [0.2, 0.25) is 0 Å². The Bertz CT molecular complexity index is 636. The normalized spacial score (nSPS) is 16.2. The number of rotatable bonds is 3. The van der Waals surface area contributed by atoms with Crippen LogP contribution in [-0.4, -0.2) is 34.2 Å². The molecule has 2 aromatic rings. The number of carboxylic acids is 1. The van der Waals surface area contributed by atoms with Crippen molar-refractivity contribution in [3.8, 4) is 0 Å². The zero-order valence-corrected chi connectivity index (χ0v) is 11.2. The number of carbonyl (C=O) groups is 1. The molecule has 0 unspecified atom stereocenters. The predicted octanol–water partition coefficient (Wildman–Crippen LogP) is 2.75. The molecular weight excluding hydrogens is 254 g/mol. The van der Waals surface area contributed by atoms with Crippen LogP contribution in [0.2, 0.25) is 0 Å². The number of fused-ring (bicyclic) bond motifs is 1. The maximum Gasteiger partial charge on any atom is 0.354 e. The van der Waals surface area contributed by atoms with E-state index in [0.29, 0.717) is 5.82 Å². The van der Waals surface area contributed by atoms with Crippen LogP contribution in [-0.2, 0) is 0 Å². The quantitative estimate of drug-likeness (QED) is 0.898. The number of benzene rings is 1. The van der Waals surface area contributed by atoms with Crippen molar-refractivity contribution in [2.45, 2.75) is 19.3 Å². The Hall–Kier alpha value is -2.14. The van der Waals surface area contributed by atoms with E-state index in [1.165, 1.54) is 6.42 Å². The first-order valence-electron chi connectivity index (χ1n) is 6.89. The van der Waals surface area contributed by atoms with Crippen LogP contribution in [0.3, 0.4) is 0 Å². The van der Waals surface area contributed by atoms with Gasteiger partial charge in [-0.3, -0.25) is 0 Å². The van der Waals surface area contributed by atoms with Crippen molar-refractivity contribution in [3.63, 3.8) is 0 Å². The summed E-state index contributed by atoms with van der Waals surface area (Å²) in [5, 5.41) is 13.1. The Morgan fingerprint density at radius 3 is 2.70 bits per heavy atom. The monoisotopic (exact) mass is 271 g/mol. The number of hydrazine groups is 1.